The standard InChI is InChI=1S/C53H56IN5O10/c1-63-17-18-67-20-19-66-16-15-57(14-8-13-51(54)60)38-22-34(32-68-49-28-43-41(26-47(49)64-2)52(61)58-39(30-55-43)24-36-9-4-6-11-45(36)58)21-35(23-38)33-69-50-29-44-42(27-48(50)65-3)53(62)59-40(31-56-44)25-37-10-5-7-12-46(37)59/h4-7,9-12,21-23,26-30,39-40,56H,8,13-20,24-25,31-33H2,1-3H3/t39-,40-/m0/s1. The van der Waals surface area contributed by atoms with Crippen molar-refractivity contribution in [2.75, 3.05) is 94.0 Å². The van der Waals surface area contributed by atoms with Crippen molar-refractivity contribution in [3.63, 3.8) is 0 Å². The highest BCUT2D eigenvalue weighted by Gasteiger charge is 2.39. The van der Waals surface area contributed by atoms with Crippen LogP contribution in [0.1, 0.15) is 55.8 Å². The van der Waals surface area contributed by atoms with Gasteiger partial charge in [0.05, 0.1) is 81.8 Å². The zero-order valence-electron chi connectivity index (χ0n) is 39.0. The molecule has 15 nitrogen and oxygen atoms in total. The molecular weight excluding hydrogens is 994 g/mol. The highest BCUT2D eigenvalue weighted by atomic mass is 127. The normalized spacial score (nSPS) is 16.3. The first-order valence-electron chi connectivity index (χ1n) is 23.2. The number of carbonyl (C=O) groups is 3. The Morgan fingerprint density at radius 2 is 1.33 bits per heavy atom. The molecule has 2 atom stereocenters. The number of anilines is 4. The van der Waals surface area contributed by atoms with Gasteiger partial charge in [-0.1, -0.05) is 36.4 Å². The summed E-state index contributed by atoms with van der Waals surface area (Å²) >= 11 is 1.84. The molecule has 0 bridgehead atoms. The number of nitrogens with zero attached hydrogens (tertiary/aromatic N) is 4. The monoisotopic (exact) mass is 1050 g/mol. The molecule has 1 N–H and O–H groups in total. The molecule has 16 heteroatoms. The summed E-state index contributed by atoms with van der Waals surface area (Å²) in [6, 6.07) is 29.0. The number of hydrogen-bond donors (Lipinski definition) is 1. The van der Waals surface area contributed by atoms with Gasteiger partial charge in [0.1, 0.15) is 13.2 Å². The number of halogens is 1. The van der Waals surface area contributed by atoms with E-state index in [0.29, 0.717) is 117 Å². The Labute approximate surface area is 415 Å². The average molecular weight is 1050 g/mol. The first kappa shape index (κ1) is 47.8. The fourth-order valence-corrected chi connectivity index (χ4v) is 9.81. The largest absolute Gasteiger partial charge is 0.493 e. The molecule has 0 unspecified atom stereocenters. The molecule has 360 valence electrons. The van der Waals surface area contributed by atoms with Crippen LogP contribution in [-0.4, -0.2) is 108 Å². The van der Waals surface area contributed by atoms with Crippen molar-refractivity contribution < 1.29 is 47.5 Å². The molecule has 0 saturated heterocycles. The van der Waals surface area contributed by atoms with Crippen LogP contribution in [-0.2, 0) is 45.1 Å². The fraction of sp³-hybridized carbons (Fsp3) is 0.358. The summed E-state index contributed by atoms with van der Waals surface area (Å²) in [6.07, 6.45) is 4.37. The molecule has 0 spiro atoms. The lowest BCUT2D eigenvalue weighted by atomic mass is 10.1. The minimum Gasteiger partial charge on any atom is -0.493 e. The second-order valence-corrected chi connectivity index (χ2v) is 18.4. The molecule has 4 aliphatic heterocycles. The van der Waals surface area contributed by atoms with Gasteiger partial charge in [0.15, 0.2) is 26.8 Å². The van der Waals surface area contributed by atoms with Crippen molar-refractivity contribution in [3.8, 4) is 23.0 Å². The van der Waals surface area contributed by atoms with Crippen LogP contribution in [0.4, 0.5) is 28.4 Å². The minimum absolute atomic E-state index is 0.0181. The minimum atomic E-state index is -0.195. The Morgan fingerprint density at radius 3 is 2.03 bits per heavy atom. The van der Waals surface area contributed by atoms with Gasteiger partial charge in [-0.2, -0.15) is 0 Å². The molecule has 5 aromatic carbocycles. The van der Waals surface area contributed by atoms with Crippen molar-refractivity contribution in [1.29, 1.82) is 0 Å². The smallest absolute Gasteiger partial charge is 0.261 e. The lowest BCUT2D eigenvalue weighted by Crippen LogP contribution is -2.39. The third-order valence-electron chi connectivity index (χ3n) is 12.8. The van der Waals surface area contributed by atoms with Crippen LogP contribution >= 0.6 is 22.6 Å². The van der Waals surface area contributed by atoms with E-state index in [0.717, 1.165) is 45.7 Å². The summed E-state index contributed by atoms with van der Waals surface area (Å²) in [5.41, 5.74) is 8.78. The molecule has 0 aliphatic carbocycles. The Bertz CT molecular complexity index is 2730. The maximum absolute atomic E-state index is 14.1. The number of hydrogen-bond acceptors (Lipinski definition) is 13. The van der Waals surface area contributed by atoms with E-state index in [-0.39, 0.29) is 40.9 Å². The molecule has 0 radical (unpaired) electrons. The fourth-order valence-electron chi connectivity index (χ4n) is 9.43. The first-order valence-corrected chi connectivity index (χ1v) is 24.3. The molecule has 4 heterocycles. The zero-order valence-corrected chi connectivity index (χ0v) is 41.2. The van der Waals surface area contributed by atoms with Crippen molar-refractivity contribution in [2.45, 2.75) is 51.0 Å². The number of methoxy groups -OCH3 is 3. The van der Waals surface area contributed by atoms with Gasteiger partial charge in [0.25, 0.3) is 11.8 Å². The number of aliphatic imine (C=N–C) groups is 1. The van der Waals surface area contributed by atoms with Gasteiger partial charge in [-0.15, -0.1) is 0 Å². The quantitative estimate of drug-likeness (QED) is 0.0403. The summed E-state index contributed by atoms with van der Waals surface area (Å²) < 4.78 is 41.6. The maximum atomic E-state index is 14.1. The van der Waals surface area contributed by atoms with E-state index >= 15 is 0 Å². The van der Waals surface area contributed by atoms with E-state index in [1.54, 1.807) is 39.5 Å². The molecule has 4 aliphatic rings. The molecule has 0 fully saturated rings. The molecule has 0 aromatic heterocycles. The van der Waals surface area contributed by atoms with Crippen LogP contribution in [0.5, 0.6) is 23.0 Å². The highest BCUT2D eigenvalue weighted by molar-refractivity contribution is 14.1. The average Bonchev–Trinajstić information content (AvgIpc) is 3.85. The van der Waals surface area contributed by atoms with Crippen LogP contribution in [0.3, 0.4) is 0 Å². The number of para-hydroxylation sites is 2. The van der Waals surface area contributed by atoms with Crippen molar-refractivity contribution in [1.82, 2.24) is 0 Å². The van der Waals surface area contributed by atoms with E-state index in [1.807, 2.05) is 93.2 Å². The maximum Gasteiger partial charge on any atom is 0.261 e. The number of fused-ring (bicyclic) bond motifs is 8. The van der Waals surface area contributed by atoms with Gasteiger partial charge < -0.3 is 48.3 Å². The van der Waals surface area contributed by atoms with E-state index in [4.69, 9.17) is 38.2 Å². The summed E-state index contributed by atoms with van der Waals surface area (Å²) in [5, 5.41) is 3.52. The lowest BCUT2D eigenvalue weighted by molar-refractivity contribution is -0.109. The lowest BCUT2D eigenvalue weighted by Gasteiger charge is -2.26. The zero-order chi connectivity index (χ0) is 47.9. The predicted molar refractivity (Wildman–Crippen MR) is 273 cm³/mol. The van der Waals surface area contributed by atoms with Crippen molar-refractivity contribution in [2.24, 2.45) is 4.99 Å². The van der Waals surface area contributed by atoms with Crippen LogP contribution in [0.25, 0.3) is 0 Å². The summed E-state index contributed by atoms with van der Waals surface area (Å²) in [5.74, 6) is 1.52. The first-order chi connectivity index (χ1) is 33.7. The molecule has 9 rings (SSSR count). The molecule has 0 saturated carbocycles. The van der Waals surface area contributed by atoms with Crippen LogP contribution in [0.15, 0.2) is 96.0 Å². The molecule has 5 aromatic rings. The Hall–Kier alpha value is -6.21. The second kappa shape index (κ2) is 22.0. The third kappa shape index (κ3) is 10.7. The number of benzene rings is 5. The van der Waals surface area contributed by atoms with E-state index in [2.05, 4.69) is 28.4 Å². The van der Waals surface area contributed by atoms with Gasteiger partial charge in [0.2, 0.25) is 0 Å². The Morgan fingerprint density at radius 1 is 0.710 bits per heavy atom. The highest BCUT2D eigenvalue weighted by Crippen LogP contribution is 2.43. The van der Waals surface area contributed by atoms with Gasteiger partial charge in [0, 0.05) is 75.0 Å². The van der Waals surface area contributed by atoms with E-state index < -0.39 is 0 Å². The Kier molecular flexibility index (Phi) is 15.3. The second-order valence-electron chi connectivity index (χ2n) is 17.2. The number of rotatable bonds is 22. The number of ether oxygens (including phenoxy) is 7. The van der Waals surface area contributed by atoms with E-state index in [1.165, 1.54) is 0 Å². The number of carbonyl (C=O) groups excluding carboxylic acids is 3. The van der Waals surface area contributed by atoms with Crippen LogP contribution in [0, 0.1) is 0 Å². The van der Waals surface area contributed by atoms with Crippen molar-refractivity contribution >= 4 is 72.8 Å². The number of amides is 2. The van der Waals surface area contributed by atoms with Crippen LogP contribution < -0.4 is 39.0 Å². The van der Waals surface area contributed by atoms with Crippen molar-refractivity contribution in [3.05, 3.63) is 124 Å². The number of nitrogens with one attached hydrogen (secondary N) is 1. The molecule has 69 heavy (non-hydrogen) atoms. The summed E-state index contributed by atoms with van der Waals surface area (Å²) in [7, 11) is 4.76. The summed E-state index contributed by atoms with van der Waals surface area (Å²) in [4.78, 5) is 51.0. The summed E-state index contributed by atoms with van der Waals surface area (Å²) in [6.45, 7) is 4.33. The molecular formula is C53H56IN5O10. The van der Waals surface area contributed by atoms with Gasteiger partial charge in [-0.3, -0.25) is 24.3 Å². The van der Waals surface area contributed by atoms with Crippen LogP contribution in [0.2, 0.25) is 0 Å². The van der Waals surface area contributed by atoms with E-state index in [9.17, 15) is 14.4 Å². The SMILES string of the molecule is COCCOCCOCCN(CCCC(=O)I)c1cc(COc2cc3c(cc2OC)C(=O)N2c4ccccc4C[C@H]2C=N3)cc(COc2cc3c(cc2OC)C(=O)N2c4ccccc4C[C@H]2CN3)c1. The van der Waals surface area contributed by atoms with Gasteiger partial charge in [-0.25, -0.2) is 0 Å². The van der Waals surface area contributed by atoms with Gasteiger partial charge >= 0.3 is 0 Å². The third-order valence-corrected chi connectivity index (χ3v) is 13.3. The predicted octanol–water partition coefficient (Wildman–Crippen LogP) is 8.37. The Balaban J connectivity index is 0.984. The van der Waals surface area contributed by atoms with Gasteiger partial charge in [-0.05, 0) is 100 Å². The molecule has 2 amide bonds. The topological polar surface area (TPSA) is 150 Å².